The number of hydrogen-bond acceptors (Lipinski definition) is 3. The SMILES string of the molecule is Cc1cc(C(=O)NCC(C)C(=O)O)oc1C. The number of carboxylic acids is 1. The lowest BCUT2D eigenvalue weighted by Crippen LogP contribution is -2.31. The third kappa shape index (κ3) is 2.85. The lowest BCUT2D eigenvalue weighted by Gasteiger charge is -2.06. The summed E-state index contributed by atoms with van der Waals surface area (Å²) in [5, 5.41) is 11.1. The highest BCUT2D eigenvalue weighted by atomic mass is 16.4. The topological polar surface area (TPSA) is 79.5 Å². The largest absolute Gasteiger partial charge is 0.481 e. The maximum Gasteiger partial charge on any atom is 0.308 e. The molecule has 16 heavy (non-hydrogen) atoms. The van der Waals surface area contributed by atoms with Crippen LogP contribution in [0.3, 0.4) is 0 Å². The Kier molecular flexibility index (Phi) is 3.71. The standard InChI is InChI=1S/C11H15NO4/c1-6-4-9(16-8(6)3)10(13)12-5-7(2)11(14)15/h4,7H,5H2,1-3H3,(H,12,13)(H,14,15). The van der Waals surface area contributed by atoms with E-state index in [0.29, 0.717) is 5.76 Å². The highest BCUT2D eigenvalue weighted by molar-refractivity contribution is 5.92. The molecule has 0 radical (unpaired) electrons. The van der Waals surface area contributed by atoms with E-state index < -0.39 is 11.9 Å². The number of carbonyl (C=O) groups excluding carboxylic acids is 1. The maximum atomic E-state index is 11.5. The van der Waals surface area contributed by atoms with Crippen LogP contribution in [0.2, 0.25) is 0 Å². The molecule has 1 aromatic heterocycles. The van der Waals surface area contributed by atoms with Crippen molar-refractivity contribution in [3.63, 3.8) is 0 Å². The number of amides is 1. The summed E-state index contributed by atoms with van der Waals surface area (Å²) in [5.74, 6) is -1.03. The van der Waals surface area contributed by atoms with Crippen LogP contribution >= 0.6 is 0 Å². The molecule has 0 aliphatic rings. The first-order valence-electron chi connectivity index (χ1n) is 5.00. The summed E-state index contributed by atoms with van der Waals surface area (Å²) in [4.78, 5) is 22.1. The Morgan fingerprint density at radius 1 is 1.50 bits per heavy atom. The van der Waals surface area contributed by atoms with Gasteiger partial charge in [-0.05, 0) is 25.5 Å². The van der Waals surface area contributed by atoms with Gasteiger partial charge < -0.3 is 14.8 Å². The van der Waals surface area contributed by atoms with E-state index in [2.05, 4.69) is 5.32 Å². The Morgan fingerprint density at radius 2 is 2.12 bits per heavy atom. The van der Waals surface area contributed by atoms with Gasteiger partial charge in [-0.25, -0.2) is 0 Å². The van der Waals surface area contributed by atoms with Crippen LogP contribution < -0.4 is 5.32 Å². The van der Waals surface area contributed by atoms with Crippen molar-refractivity contribution < 1.29 is 19.1 Å². The van der Waals surface area contributed by atoms with Crippen molar-refractivity contribution in [2.75, 3.05) is 6.54 Å². The average Bonchev–Trinajstić information content (AvgIpc) is 2.55. The minimum atomic E-state index is -0.938. The summed E-state index contributed by atoms with van der Waals surface area (Å²) in [6.45, 7) is 5.23. The second kappa shape index (κ2) is 4.83. The number of aliphatic carboxylic acids is 1. The number of carboxylic acid groups (broad SMARTS) is 1. The molecule has 1 unspecified atom stereocenters. The molecule has 1 atom stereocenters. The van der Waals surface area contributed by atoms with Gasteiger partial charge in [-0.3, -0.25) is 9.59 Å². The molecule has 0 aliphatic carbocycles. The number of hydrogen-bond donors (Lipinski definition) is 2. The van der Waals surface area contributed by atoms with E-state index in [1.165, 1.54) is 6.92 Å². The maximum absolute atomic E-state index is 11.5. The van der Waals surface area contributed by atoms with E-state index in [9.17, 15) is 9.59 Å². The van der Waals surface area contributed by atoms with Gasteiger partial charge >= 0.3 is 5.97 Å². The second-order valence-corrected chi connectivity index (χ2v) is 3.80. The van der Waals surface area contributed by atoms with E-state index in [0.717, 1.165) is 5.56 Å². The zero-order valence-corrected chi connectivity index (χ0v) is 9.53. The van der Waals surface area contributed by atoms with Gasteiger partial charge in [0, 0.05) is 6.54 Å². The minimum Gasteiger partial charge on any atom is -0.481 e. The molecule has 0 fully saturated rings. The predicted octanol–water partition coefficient (Wildman–Crippen LogP) is 1.35. The van der Waals surface area contributed by atoms with Gasteiger partial charge in [-0.15, -0.1) is 0 Å². The Labute approximate surface area is 93.4 Å². The zero-order chi connectivity index (χ0) is 12.3. The molecule has 5 heteroatoms. The first kappa shape index (κ1) is 12.3. The first-order valence-corrected chi connectivity index (χ1v) is 5.00. The molecule has 0 aromatic carbocycles. The van der Waals surface area contributed by atoms with Crippen LogP contribution in [0.15, 0.2) is 10.5 Å². The number of carbonyl (C=O) groups is 2. The molecule has 1 amide bonds. The number of nitrogens with one attached hydrogen (secondary N) is 1. The lowest BCUT2D eigenvalue weighted by molar-refractivity contribution is -0.140. The van der Waals surface area contributed by atoms with Crippen molar-refractivity contribution in [2.24, 2.45) is 5.92 Å². The van der Waals surface area contributed by atoms with Crippen molar-refractivity contribution in [1.82, 2.24) is 5.32 Å². The fourth-order valence-corrected chi connectivity index (χ4v) is 1.11. The van der Waals surface area contributed by atoms with Gasteiger partial charge in [0.05, 0.1) is 5.92 Å². The van der Waals surface area contributed by atoms with Crippen molar-refractivity contribution in [3.05, 3.63) is 23.2 Å². The Hall–Kier alpha value is -1.78. The quantitative estimate of drug-likeness (QED) is 0.810. The van der Waals surface area contributed by atoms with Crippen molar-refractivity contribution in [3.8, 4) is 0 Å². The van der Waals surface area contributed by atoms with E-state index in [1.807, 2.05) is 6.92 Å². The Balaban J connectivity index is 2.56. The molecule has 5 nitrogen and oxygen atoms in total. The number of furan rings is 1. The highest BCUT2D eigenvalue weighted by Crippen LogP contribution is 2.12. The zero-order valence-electron chi connectivity index (χ0n) is 9.53. The molecule has 0 saturated carbocycles. The van der Waals surface area contributed by atoms with Crippen LogP contribution in [0.1, 0.15) is 28.8 Å². The minimum absolute atomic E-state index is 0.0902. The van der Waals surface area contributed by atoms with Gasteiger partial charge in [0.15, 0.2) is 5.76 Å². The molecular formula is C11H15NO4. The van der Waals surface area contributed by atoms with E-state index in [-0.39, 0.29) is 18.2 Å². The molecule has 0 saturated heterocycles. The van der Waals surface area contributed by atoms with Crippen molar-refractivity contribution >= 4 is 11.9 Å². The summed E-state index contributed by atoms with van der Waals surface area (Å²) < 4.78 is 5.21. The van der Waals surface area contributed by atoms with Gasteiger partial charge in [-0.2, -0.15) is 0 Å². The summed E-state index contributed by atoms with van der Waals surface area (Å²) in [6, 6.07) is 1.64. The van der Waals surface area contributed by atoms with Gasteiger partial charge in [0.2, 0.25) is 0 Å². The van der Waals surface area contributed by atoms with Crippen LogP contribution in [-0.4, -0.2) is 23.5 Å². The number of rotatable bonds is 4. The summed E-state index contributed by atoms with van der Waals surface area (Å²) in [5.41, 5.74) is 0.899. The molecule has 1 rings (SSSR count). The van der Waals surface area contributed by atoms with Gasteiger partial charge in [0.25, 0.3) is 5.91 Å². The fourth-order valence-electron chi connectivity index (χ4n) is 1.11. The molecule has 1 aromatic rings. The fraction of sp³-hybridized carbons (Fsp3) is 0.455. The molecule has 2 N–H and O–H groups in total. The normalized spacial score (nSPS) is 12.2. The first-order chi connectivity index (χ1) is 7.41. The van der Waals surface area contributed by atoms with Crippen LogP contribution in [0.5, 0.6) is 0 Å². The van der Waals surface area contributed by atoms with E-state index >= 15 is 0 Å². The van der Waals surface area contributed by atoms with Crippen molar-refractivity contribution in [2.45, 2.75) is 20.8 Å². The lowest BCUT2D eigenvalue weighted by atomic mass is 10.2. The number of aryl methyl sites for hydroxylation is 2. The van der Waals surface area contributed by atoms with Crippen LogP contribution in [-0.2, 0) is 4.79 Å². The molecule has 88 valence electrons. The van der Waals surface area contributed by atoms with Crippen LogP contribution in [0.4, 0.5) is 0 Å². The van der Waals surface area contributed by atoms with Crippen LogP contribution in [0, 0.1) is 19.8 Å². The smallest absolute Gasteiger partial charge is 0.308 e. The van der Waals surface area contributed by atoms with Gasteiger partial charge in [0.1, 0.15) is 5.76 Å². The summed E-state index contributed by atoms with van der Waals surface area (Å²) in [6.07, 6.45) is 0. The van der Waals surface area contributed by atoms with Gasteiger partial charge in [-0.1, -0.05) is 6.92 Å². The molecule has 1 heterocycles. The molecule has 0 bridgehead atoms. The Bertz CT molecular complexity index is 389. The third-order valence-electron chi connectivity index (χ3n) is 2.38. The van der Waals surface area contributed by atoms with E-state index in [4.69, 9.17) is 9.52 Å². The summed E-state index contributed by atoms with van der Waals surface area (Å²) >= 11 is 0. The van der Waals surface area contributed by atoms with Crippen molar-refractivity contribution in [1.29, 1.82) is 0 Å². The monoisotopic (exact) mass is 225 g/mol. The Morgan fingerprint density at radius 3 is 2.56 bits per heavy atom. The third-order valence-corrected chi connectivity index (χ3v) is 2.38. The summed E-state index contributed by atoms with van der Waals surface area (Å²) in [7, 11) is 0. The van der Waals surface area contributed by atoms with E-state index in [1.54, 1.807) is 13.0 Å². The average molecular weight is 225 g/mol. The second-order valence-electron chi connectivity index (χ2n) is 3.80. The molecular weight excluding hydrogens is 210 g/mol. The van der Waals surface area contributed by atoms with Crippen LogP contribution in [0.25, 0.3) is 0 Å². The molecule has 0 spiro atoms. The molecule has 0 aliphatic heterocycles. The predicted molar refractivity (Wildman–Crippen MR) is 57.3 cm³/mol. The highest BCUT2D eigenvalue weighted by Gasteiger charge is 2.15.